The number of furan rings is 1. The van der Waals surface area contributed by atoms with Crippen LogP contribution in [0.4, 0.5) is 0 Å². The minimum absolute atomic E-state index is 0.169. The molecule has 1 aliphatic rings. The molecule has 5 heteroatoms. The van der Waals surface area contributed by atoms with Crippen molar-refractivity contribution < 1.29 is 14.3 Å². The topological polar surface area (TPSA) is 65.7 Å². The number of aliphatic hydroxyl groups is 1. The lowest BCUT2D eigenvalue weighted by Crippen LogP contribution is -2.58. The number of benzene rings is 1. The zero-order chi connectivity index (χ0) is 17.7. The fourth-order valence-electron chi connectivity index (χ4n) is 3.32. The van der Waals surface area contributed by atoms with Crippen molar-refractivity contribution in [1.29, 1.82) is 0 Å². The molecule has 0 spiro atoms. The highest BCUT2D eigenvalue weighted by atomic mass is 16.3. The molecule has 3 rings (SSSR count). The molecule has 25 heavy (non-hydrogen) atoms. The van der Waals surface area contributed by atoms with Gasteiger partial charge < -0.3 is 19.7 Å². The first-order valence-electron chi connectivity index (χ1n) is 8.88. The molecule has 1 aliphatic heterocycles. The average molecular weight is 342 g/mol. The highest BCUT2D eigenvalue weighted by molar-refractivity contribution is 5.86. The molecule has 0 aliphatic carbocycles. The van der Waals surface area contributed by atoms with Crippen LogP contribution in [0.2, 0.25) is 0 Å². The van der Waals surface area contributed by atoms with Crippen LogP contribution < -0.4 is 5.32 Å². The Morgan fingerprint density at radius 2 is 2.04 bits per heavy atom. The number of hydrogen-bond acceptors (Lipinski definition) is 4. The van der Waals surface area contributed by atoms with Crippen molar-refractivity contribution in [3.63, 3.8) is 0 Å². The monoisotopic (exact) mass is 342 g/mol. The summed E-state index contributed by atoms with van der Waals surface area (Å²) in [6, 6.07) is 13.9. The van der Waals surface area contributed by atoms with Crippen LogP contribution in [0, 0.1) is 6.92 Å². The Bertz CT molecular complexity index is 698. The van der Waals surface area contributed by atoms with Crippen molar-refractivity contribution in [2.45, 2.75) is 38.3 Å². The zero-order valence-corrected chi connectivity index (χ0v) is 14.7. The molecular formula is C20H26N2O3. The SMILES string of the molecule is Cc1ccc(CNC[C@]2(O)CCCN(CCc3ccccc3)C2=O)o1. The van der Waals surface area contributed by atoms with E-state index in [9.17, 15) is 9.90 Å². The van der Waals surface area contributed by atoms with Crippen LogP contribution in [0.5, 0.6) is 0 Å². The van der Waals surface area contributed by atoms with Crippen molar-refractivity contribution >= 4 is 5.91 Å². The first-order chi connectivity index (χ1) is 12.1. The molecular weight excluding hydrogens is 316 g/mol. The van der Waals surface area contributed by atoms with Crippen LogP contribution in [-0.4, -0.2) is 41.1 Å². The van der Waals surface area contributed by atoms with Crippen molar-refractivity contribution in [2.75, 3.05) is 19.6 Å². The van der Waals surface area contributed by atoms with Crippen LogP contribution in [0.15, 0.2) is 46.9 Å². The molecule has 1 saturated heterocycles. The summed E-state index contributed by atoms with van der Waals surface area (Å²) >= 11 is 0. The summed E-state index contributed by atoms with van der Waals surface area (Å²) < 4.78 is 5.50. The Morgan fingerprint density at radius 3 is 2.76 bits per heavy atom. The number of likely N-dealkylation sites (tertiary alicyclic amines) is 1. The number of rotatable bonds is 7. The average Bonchev–Trinajstić information content (AvgIpc) is 3.03. The molecule has 0 radical (unpaired) electrons. The lowest BCUT2D eigenvalue weighted by molar-refractivity contribution is -0.156. The van der Waals surface area contributed by atoms with Crippen LogP contribution >= 0.6 is 0 Å². The van der Waals surface area contributed by atoms with E-state index in [1.165, 1.54) is 5.56 Å². The van der Waals surface area contributed by atoms with Gasteiger partial charge in [-0.15, -0.1) is 0 Å². The van der Waals surface area contributed by atoms with E-state index in [1.54, 1.807) is 4.90 Å². The predicted octanol–water partition coefficient (Wildman–Crippen LogP) is 2.27. The fraction of sp³-hybridized carbons (Fsp3) is 0.450. The fourth-order valence-corrected chi connectivity index (χ4v) is 3.32. The van der Waals surface area contributed by atoms with E-state index < -0.39 is 5.60 Å². The van der Waals surface area contributed by atoms with Crippen LogP contribution in [0.1, 0.15) is 29.9 Å². The summed E-state index contributed by atoms with van der Waals surface area (Å²) in [4.78, 5) is 14.5. The molecule has 1 aromatic carbocycles. The van der Waals surface area contributed by atoms with E-state index in [-0.39, 0.29) is 12.5 Å². The summed E-state index contributed by atoms with van der Waals surface area (Å²) in [7, 11) is 0. The Labute approximate surface area is 148 Å². The highest BCUT2D eigenvalue weighted by Crippen LogP contribution is 2.22. The molecule has 1 atom stereocenters. The third-order valence-electron chi connectivity index (χ3n) is 4.73. The molecule has 0 saturated carbocycles. The normalized spacial score (nSPS) is 20.9. The second-order valence-electron chi connectivity index (χ2n) is 6.78. The van der Waals surface area contributed by atoms with Gasteiger partial charge in [0.25, 0.3) is 5.91 Å². The number of amides is 1. The number of piperidine rings is 1. The Morgan fingerprint density at radius 1 is 1.24 bits per heavy atom. The van der Waals surface area contributed by atoms with Crippen LogP contribution in [0.25, 0.3) is 0 Å². The number of nitrogens with zero attached hydrogens (tertiary/aromatic N) is 1. The van der Waals surface area contributed by atoms with Gasteiger partial charge in [0.1, 0.15) is 11.5 Å². The second-order valence-corrected chi connectivity index (χ2v) is 6.78. The maximum absolute atomic E-state index is 12.7. The lowest BCUT2D eigenvalue weighted by Gasteiger charge is -2.38. The smallest absolute Gasteiger partial charge is 0.255 e. The van der Waals surface area contributed by atoms with Gasteiger partial charge in [-0.1, -0.05) is 30.3 Å². The van der Waals surface area contributed by atoms with Crippen LogP contribution in [0.3, 0.4) is 0 Å². The minimum atomic E-state index is -1.32. The standard InChI is InChI=1S/C20H26N2O3/c1-16-8-9-18(25-16)14-21-15-20(24)11-5-12-22(19(20)23)13-10-17-6-3-2-4-7-17/h2-4,6-9,21,24H,5,10-15H2,1H3/t20-/m1/s1. The second kappa shape index (κ2) is 7.85. The maximum Gasteiger partial charge on any atom is 0.255 e. The molecule has 0 bridgehead atoms. The van der Waals surface area contributed by atoms with Gasteiger partial charge in [-0.2, -0.15) is 0 Å². The number of nitrogens with one attached hydrogen (secondary N) is 1. The van der Waals surface area contributed by atoms with Crippen molar-refractivity contribution in [3.8, 4) is 0 Å². The number of carbonyl (C=O) groups is 1. The van der Waals surface area contributed by atoms with Gasteiger partial charge in [-0.25, -0.2) is 0 Å². The van der Waals surface area contributed by atoms with Gasteiger partial charge in [0, 0.05) is 19.6 Å². The van der Waals surface area contributed by atoms with Gasteiger partial charge in [0.2, 0.25) is 0 Å². The molecule has 5 nitrogen and oxygen atoms in total. The first-order valence-corrected chi connectivity index (χ1v) is 8.88. The van der Waals surface area contributed by atoms with Crippen LogP contribution in [-0.2, 0) is 17.8 Å². The van der Waals surface area contributed by atoms with Crippen molar-refractivity contribution in [3.05, 3.63) is 59.5 Å². The summed E-state index contributed by atoms with van der Waals surface area (Å²) in [5.41, 5.74) is -0.118. The molecule has 2 aromatic rings. The predicted molar refractivity (Wildman–Crippen MR) is 96.1 cm³/mol. The summed E-state index contributed by atoms with van der Waals surface area (Å²) in [5.74, 6) is 1.50. The Kier molecular flexibility index (Phi) is 5.56. The Balaban J connectivity index is 1.52. The maximum atomic E-state index is 12.7. The largest absolute Gasteiger partial charge is 0.465 e. The van der Waals surface area contributed by atoms with Gasteiger partial charge in [0.05, 0.1) is 6.54 Å². The molecule has 1 fully saturated rings. The molecule has 0 unspecified atom stereocenters. The van der Waals surface area contributed by atoms with E-state index in [0.717, 1.165) is 24.4 Å². The zero-order valence-electron chi connectivity index (χ0n) is 14.7. The minimum Gasteiger partial charge on any atom is -0.465 e. The molecule has 2 N–H and O–H groups in total. The highest BCUT2D eigenvalue weighted by Gasteiger charge is 2.41. The molecule has 134 valence electrons. The molecule has 2 heterocycles. The number of hydrogen-bond donors (Lipinski definition) is 2. The van der Waals surface area contributed by atoms with Gasteiger partial charge in [0.15, 0.2) is 5.60 Å². The van der Waals surface area contributed by atoms with Gasteiger partial charge in [-0.3, -0.25) is 4.79 Å². The number of carbonyl (C=O) groups excluding carboxylic acids is 1. The number of aryl methyl sites for hydroxylation is 1. The van der Waals surface area contributed by atoms with E-state index in [2.05, 4.69) is 17.4 Å². The van der Waals surface area contributed by atoms with E-state index in [4.69, 9.17) is 4.42 Å². The Hall–Kier alpha value is -2.11. The quantitative estimate of drug-likeness (QED) is 0.810. The molecule has 1 aromatic heterocycles. The van der Waals surface area contributed by atoms with Crippen molar-refractivity contribution in [1.82, 2.24) is 10.2 Å². The van der Waals surface area contributed by atoms with E-state index in [1.807, 2.05) is 37.3 Å². The summed E-state index contributed by atoms with van der Waals surface area (Å²) in [6.45, 7) is 4.00. The third kappa shape index (κ3) is 4.50. The molecule has 1 amide bonds. The first kappa shape index (κ1) is 17.7. The lowest BCUT2D eigenvalue weighted by atomic mass is 9.91. The van der Waals surface area contributed by atoms with E-state index >= 15 is 0 Å². The third-order valence-corrected chi connectivity index (χ3v) is 4.73. The van der Waals surface area contributed by atoms with Gasteiger partial charge >= 0.3 is 0 Å². The summed E-state index contributed by atoms with van der Waals surface area (Å²) in [6.07, 6.45) is 2.12. The van der Waals surface area contributed by atoms with Crippen molar-refractivity contribution in [2.24, 2.45) is 0 Å². The van der Waals surface area contributed by atoms with E-state index in [0.29, 0.717) is 26.1 Å². The summed E-state index contributed by atoms with van der Waals surface area (Å²) in [5, 5.41) is 14.0. The van der Waals surface area contributed by atoms with Gasteiger partial charge in [-0.05, 0) is 43.9 Å².